The number of guanidine groups is 1. The first kappa shape index (κ1) is 20.7. The van der Waals surface area contributed by atoms with Crippen LogP contribution in [-0.4, -0.2) is 67.9 Å². The first-order valence-electron chi connectivity index (χ1n) is 9.37. The minimum Gasteiger partial charge on any atom is -0.492 e. The zero-order valence-electron chi connectivity index (χ0n) is 16.7. The lowest BCUT2D eigenvalue weighted by atomic mass is 10.1. The molecule has 0 saturated carbocycles. The molecule has 2 amide bonds. The summed E-state index contributed by atoms with van der Waals surface area (Å²) in [7, 11) is 3.64. The van der Waals surface area contributed by atoms with Crippen molar-refractivity contribution < 1.29 is 14.3 Å². The molecular formula is C20H30N4O3. The number of aryl methyl sites for hydroxylation is 2. The molecule has 27 heavy (non-hydrogen) atoms. The summed E-state index contributed by atoms with van der Waals surface area (Å²) in [6, 6.07) is 6.15. The van der Waals surface area contributed by atoms with E-state index >= 15 is 0 Å². The zero-order valence-corrected chi connectivity index (χ0v) is 16.7. The van der Waals surface area contributed by atoms with Crippen molar-refractivity contribution in [3.8, 4) is 5.75 Å². The van der Waals surface area contributed by atoms with Gasteiger partial charge in [-0.05, 0) is 43.5 Å². The number of nitrogens with one attached hydrogen (secondary N) is 1. The van der Waals surface area contributed by atoms with Gasteiger partial charge in [-0.2, -0.15) is 0 Å². The Morgan fingerprint density at radius 2 is 1.81 bits per heavy atom. The highest BCUT2D eigenvalue weighted by atomic mass is 16.5. The molecule has 1 saturated heterocycles. The van der Waals surface area contributed by atoms with Crippen LogP contribution < -0.4 is 10.1 Å². The lowest BCUT2D eigenvalue weighted by Crippen LogP contribution is -2.47. The van der Waals surface area contributed by atoms with Crippen molar-refractivity contribution in [1.29, 1.82) is 0 Å². The van der Waals surface area contributed by atoms with Gasteiger partial charge in [0.05, 0.1) is 6.54 Å². The summed E-state index contributed by atoms with van der Waals surface area (Å²) in [6.07, 6.45) is 1.57. The van der Waals surface area contributed by atoms with Crippen molar-refractivity contribution in [1.82, 2.24) is 15.1 Å². The van der Waals surface area contributed by atoms with Crippen molar-refractivity contribution in [2.24, 2.45) is 4.99 Å². The summed E-state index contributed by atoms with van der Waals surface area (Å²) in [5, 5.41) is 3.20. The number of likely N-dealkylation sites (N-methyl/N-ethyl adjacent to an activating group) is 1. The molecule has 1 N–H and O–H groups in total. The number of carbonyl (C=O) groups is 2. The molecule has 0 unspecified atom stereocenters. The van der Waals surface area contributed by atoms with Crippen molar-refractivity contribution in [2.45, 2.75) is 33.1 Å². The van der Waals surface area contributed by atoms with Gasteiger partial charge >= 0.3 is 0 Å². The molecule has 0 bridgehead atoms. The van der Waals surface area contributed by atoms with Crippen LogP contribution in [0.5, 0.6) is 5.75 Å². The predicted octanol–water partition coefficient (Wildman–Crippen LogP) is 1.73. The van der Waals surface area contributed by atoms with Crippen molar-refractivity contribution in [3.05, 3.63) is 29.3 Å². The van der Waals surface area contributed by atoms with Gasteiger partial charge < -0.3 is 15.0 Å². The van der Waals surface area contributed by atoms with E-state index in [1.54, 1.807) is 7.05 Å². The fourth-order valence-electron chi connectivity index (χ4n) is 3.14. The number of hydrogen-bond acceptors (Lipinski definition) is 4. The van der Waals surface area contributed by atoms with Crippen LogP contribution in [0.25, 0.3) is 0 Å². The van der Waals surface area contributed by atoms with Crippen LogP contribution in [-0.2, 0) is 9.59 Å². The topological polar surface area (TPSA) is 74.2 Å². The molecule has 1 aromatic carbocycles. The maximum absolute atomic E-state index is 11.8. The minimum absolute atomic E-state index is 0.0850. The van der Waals surface area contributed by atoms with Gasteiger partial charge in [-0.3, -0.25) is 19.5 Å². The monoisotopic (exact) mass is 374 g/mol. The predicted molar refractivity (Wildman–Crippen MR) is 106 cm³/mol. The van der Waals surface area contributed by atoms with E-state index in [2.05, 4.69) is 30.2 Å². The molecule has 1 aromatic rings. The highest BCUT2D eigenvalue weighted by Gasteiger charge is 2.25. The maximum atomic E-state index is 11.8. The third-order valence-corrected chi connectivity index (χ3v) is 4.47. The Labute approximate surface area is 161 Å². The largest absolute Gasteiger partial charge is 0.492 e. The third-order valence-electron chi connectivity index (χ3n) is 4.47. The maximum Gasteiger partial charge on any atom is 0.229 e. The molecule has 0 aliphatic carbocycles. The van der Waals surface area contributed by atoms with Gasteiger partial charge in [0, 0.05) is 40.0 Å². The number of imide groups is 1. The summed E-state index contributed by atoms with van der Waals surface area (Å²) in [6.45, 7) is 6.14. The van der Waals surface area contributed by atoms with Crippen LogP contribution in [0.1, 0.15) is 30.4 Å². The van der Waals surface area contributed by atoms with Crippen LogP contribution >= 0.6 is 0 Å². The van der Waals surface area contributed by atoms with E-state index < -0.39 is 0 Å². The van der Waals surface area contributed by atoms with Crippen molar-refractivity contribution in [3.63, 3.8) is 0 Å². The SMILES string of the molecule is CN=C(NCCN1C(=O)CCCC1=O)N(C)CCOc1cc(C)cc(C)c1. The number of hydrogen-bond donors (Lipinski definition) is 1. The van der Waals surface area contributed by atoms with Gasteiger partial charge in [0.15, 0.2) is 5.96 Å². The van der Waals surface area contributed by atoms with E-state index in [1.807, 2.05) is 24.1 Å². The molecular weight excluding hydrogens is 344 g/mol. The minimum atomic E-state index is -0.0850. The van der Waals surface area contributed by atoms with E-state index in [0.717, 1.165) is 5.75 Å². The average molecular weight is 374 g/mol. The number of rotatable bonds is 7. The van der Waals surface area contributed by atoms with Gasteiger partial charge in [-0.15, -0.1) is 0 Å². The Morgan fingerprint density at radius 3 is 2.41 bits per heavy atom. The standard InChI is InChI=1S/C20H30N4O3/c1-15-12-16(2)14-17(13-15)27-11-10-23(4)20(21-3)22-8-9-24-18(25)6-5-7-19(24)26/h12-14H,5-11H2,1-4H3,(H,21,22). The Balaban J connectivity index is 1.75. The number of ether oxygens (including phenoxy) is 1. The van der Waals surface area contributed by atoms with Gasteiger partial charge in [-0.1, -0.05) is 6.07 Å². The molecule has 148 valence electrons. The van der Waals surface area contributed by atoms with Gasteiger partial charge in [-0.25, -0.2) is 0 Å². The molecule has 0 aromatic heterocycles. The summed E-state index contributed by atoms with van der Waals surface area (Å²) < 4.78 is 5.84. The molecule has 2 rings (SSSR count). The number of likely N-dealkylation sites (tertiary alicyclic amines) is 1. The second kappa shape index (κ2) is 9.94. The zero-order chi connectivity index (χ0) is 19.8. The van der Waals surface area contributed by atoms with Crippen LogP contribution in [0.2, 0.25) is 0 Å². The first-order valence-corrected chi connectivity index (χ1v) is 9.37. The number of nitrogens with zero attached hydrogens (tertiary/aromatic N) is 3. The van der Waals surface area contributed by atoms with Crippen LogP contribution in [0.4, 0.5) is 0 Å². The van der Waals surface area contributed by atoms with Crippen molar-refractivity contribution >= 4 is 17.8 Å². The molecule has 7 nitrogen and oxygen atoms in total. The molecule has 0 atom stereocenters. The molecule has 0 radical (unpaired) electrons. The quantitative estimate of drug-likeness (QED) is 0.447. The Hall–Kier alpha value is -2.57. The second-order valence-corrected chi connectivity index (χ2v) is 6.86. The number of amides is 2. The second-order valence-electron chi connectivity index (χ2n) is 6.86. The molecule has 0 spiro atoms. The van der Waals surface area contributed by atoms with E-state index in [0.29, 0.717) is 51.5 Å². The summed E-state index contributed by atoms with van der Waals surface area (Å²) in [5.74, 6) is 1.40. The van der Waals surface area contributed by atoms with Crippen LogP contribution in [0.15, 0.2) is 23.2 Å². The lowest BCUT2D eigenvalue weighted by molar-refractivity contribution is -0.147. The van der Waals surface area contributed by atoms with Gasteiger partial charge in [0.1, 0.15) is 12.4 Å². The Morgan fingerprint density at radius 1 is 1.19 bits per heavy atom. The summed E-state index contributed by atoms with van der Waals surface area (Å²) in [4.78, 5) is 31.2. The lowest BCUT2D eigenvalue weighted by Gasteiger charge is -2.26. The molecule has 1 heterocycles. The average Bonchev–Trinajstić information content (AvgIpc) is 2.60. The number of carbonyl (C=O) groups excluding carboxylic acids is 2. The van der Waals surface area contributed by atoms with E-state index in [-0.39, 0.29) is 11.8 Å². The highest BCUT2D eigenvalue weighted by Crippen LogP contribution is 2.16. The van der Waals surface area contributed by atoms with E-state index in [9.17, 15) is 9.59 Å². The highest BCUT2D eigenvalue weighted by molar-refractivity contribution is 5.97. The van der Waals surface area contributed by atoms with E-state index in [1.165, 1.54) is 16.0 Å². The number of aliphatic imine (C=N–C) groups is 1. The smallest absolute Gasteiger partial charge is 0.229 e. The molecule has 1 aliphatic rings. The summed E-state index contributed by atoms with van der Waals surface area (Å²) in [5.41, 5.74) is 2.36. The van der Waals surface area contributed by atoms with Crippen LogP contribution in [0, 0.1) is 13.8 Å². The Kier molecular flexibility index (Phi) is 7.64. The number of benzene rings is 1. The molecule has 1 fully saturated rings. The fraction of sp³-hybridized carbons (Fsp3) is 0.550. The van der Waals surface area contributed by atoms with Crippen molar-refractivity contribution in [2.75, 3.05) is 40.3 Å². The van der Waals surface area contributed by atoms with Gasteiger partial charge in [0.25, 0.3) is 0 Å². The molecule has 7 heteroatoms. The van der Waals surface area contributed by atoms with E-state index in [4.69, 9.17) is 4.74 Å². The number of piperidine rings is 1. The third kappa shape index (κ3) is 6.27. The van der Waals surface area contributed by atoms with Crippen LogP contribution in [0.3, 0.4) is 0 Å². The normalized spacial score (nSPS) is 15.1. The fourth-order valence-corrected chi connectivity index (χ4v) is 3.14. The molecule has 1 aliphatic heterocycles. The first-order chi connectivity index (χ1) is 12.9. The Bertz CT molecular complexity index is 666. The summed E-state index contributed by atoms with van der Waals surface area (Å²) >= 11 is 0. The van der Waals surface area contributed by atoms with Gasteiger partial charge in [0.2, 0.25) is 11.8 Å².